The van der Waals surface area contributed by atoms with E-state index >= 15 is 0 Å². The average molecular weight is 219 g/mol. The fraction of sp³-hybridized carbons (Fsp3) is 0.250. The molecule has 16 heavy (non-hydrogen) atoms. The van der Waals surface area contributed by atoms with Gasteiger partial charge in [0.2, 0.25) is 5.95 Å². The van der Waals surface area contributed by atoms with Crippen LogP contribution in [0.4, 0.5) is 5.95 Å². The molecule has 2 aromatic rings. The number of rotatable bonds is 2. The Morgan fingerprint density at radius 3 is 2.75 bits per heavy atom. The van der Waals surface area contributed by atoms with Gasteiger partial charge in [0, 0.05) is 0 Å². The highest BCUT2D eigenvalue weighted by Gasteiger charge is 2.11. The number of amides is 1. The van der Waals surface area contributed by atoms with Gasteiger partial charge in [-0.15, -0.1) is 5.10 Å². The number of anilines is 1. The van der Waals surface area contributed by atoms with Gasteiger partial charge in [-0.25, -0.2) is 4.98 Å². The topological polar surface area (TPSA) is 109 Å². The molecule has 0 spiro atoms. The molecule has 0 aliphatic rings. The molecule has 8 nitrogen and oxygen atoms in total. The van der Waals surface area contributed by atoms with Gasteiger partial charge in [-0.1, -0.05) is 0 Å². The number of aromatic amines is 1. The van der Waals surface area contributed by atoms with Crippen LogP contribution in [0.2, 0.25) is 0 Å². The molecule has 0 saturated carbocycles. The second-order valence-electron chi connectivity index (χ2n) is 3.12. The lowest BCUT2D eigenvalue weighted by Gasteiger charge is -2.02. The molecule has 0 aliphatic heterocycles. The van der Waals surface area contributed by atoms with E-state index in [9.17, 15) is 4.79 Å². The van der Waals surface area contributed by atoms with Crippen molar-refractivity contribution < 1.29 is 4.79 Å². The van der Waals surface area contributed by atoms with E-state index in [0.29, 0.717) is 5.69 Å². The Morgan fingerprint density at radius 1 is 1.31 bits per heavy atom. The summed E-state index contributed by atoms with van der Waals surface area (Å²) < 4.78 is 0. The molecule has 2 heterocycles. The Kier molecular flexibility index (Phi) is 2.54. The van der Waals surface area contributed by atoms with Gasteiger partial charge < -0.3 is 0 Å². The molecule has 1 amide bonds. The van der Waals surface area contributed by atoms with Crippen molar-refractivity contribution >= 4 is 11.9 Å². The third-order valence-corrected chi connectivity index (χ3v) is 1.96. The lowest BCUT2D eigenvalue weighted by atomic mass is 10.4. The van der Waals surface area contributed by atoms with E-state index in [4.69, 9.17) is 0 Å². The van der Waals surface area contributed by atoms with Crippen LogP contribution < -0.4 is 5.32 Å². The zero-order chi connectivity index (χ0) is 11.5. The maximum Gasteiger partial charge on any atom is 0.280 e. The Morgan fingerprint density at radius 2 is 2.12 bits per heavy atom. The number of hydrogen-bond donors (Lipinski definition) is 2. The number of hydrogen-bond acceptors (Lipinski definition) is 6. The average Bonchev–Trinajstić information content (AvgIpc) is 2.77. The van der Waals surface area contributed by atoms with Crippen molar-refractivity contribution in [3.63, 3.8) is 0 Å². The summed E-state index contributed by atoms with van der Waals surface area (Å²) in [5.74, 6) is -0.282. The molecule has 0 radical (unpaired) electrons. The number of aromatic nitrogens is 6. The molecular formula is C8H9N7O. The lowest BCUT2D eigenvalue weighted by Crippen LogP contribution is -2.16. The normalized spacial score (nSPS) is 10.1. The van der Waals surface area contributed by atoms with E-state index in [0.717, 1.165) is 5.69 Å². The number of carbonyl (C=O) groups excluding carboxylic acids is 1. The number of carbonyl (C=O) groups is 1. The van der Waals surface area contributed by atoms with Crippen LogP contribution in [0.5, 0.6) is 0 Å². The van der Waals surface area contributed by atoms with Gasteiger partial charge in [-0.3, -0.25) is 10.1 Å². The predicted molar refractivity (Wildman–Crippen MR) is 53.6 cm³/mol. The third kappa shape index (κ3) is 2.00. The molecule has 0 saturated heterocycles. The zero-order valence-corrected chi connectivity index (χ0v) is 8.72. The standard InChI is InChI=1S/C8H9N7O/c1-4-5(2)12-14-8(10-4)11-7(16)6-3-9-15-13-6/h3H,1-2H3,(H,9,13,15)(H,10,11,14,16). The predicted octanol–water partition coefficient (Wildman–Crippen LogP) is -0.141. The SMILES string of the molecule is Cc1nnc(NC(=O)c2cn[nH]n2)nc1C. The van der Waals surface area contributed by atoms with Gasteiger partial charge in [0.15, 0.2) is 5.69 Å². The van der Waals surface area contributed by atoms with Crippen LogP contribution >= 0.6 is 0 Å². The maximum absolute atomic E-state index is 11.5. The smallest absolute Gasteiger partial charge is 0.280 e. The van der Waals surface area contributed by atoms with Crippen molar-refractivity contribution in [2.45, 2.75) is 13.8 Å². The summed E-state index contributed by atoms with van der Waals surface area (Å²) in [5.41, 5.74) is 1.60. The van der Waals surface area contributed by atoms with Crippen LogP contribution in [-0.2, 0) is 0 Å². The molecule has 0 bridgehead atoms. The van der Waals surface area contributed by atoms with Crippen molar-refractivity contribution in [3.8, 4) is 0 Å². The molecule has 2 rings (SSSR count). The summed E-state index contributed by atoms with van der Waals surface area (Å²) in [6.07, 6.45) is 1.31. The molecule has 2 aromatic heterocycles. The van der Waals surface area contributed by atoms with Crippen LogP contribution in [0.3, 0.4) is 0 Å². The minimum absolute atomic E-state index is 0.149. The van der Waals surface area contributed by atoms with Crippen LogP contribution in [0.15, 0.2) is 6.20 Å². The van der Waals surface area contributed by atoms with Crippen molar-refractivity contribution in [2.24, 2.45) is 0 Å². The second kappa shape index (κ2) is 4.01. The van der Waals surface area contributed by atoms with E-state index in [2.05, 4.69) is 35.9 Å². The Labute approximate surface area is 90.5 Å². The van der Waals surface area contributed by atoms with Crippen LogP contribution in [0.25, 0.3) is 0 Å². The summed E-state index contributed by atoms with van der Waals surface area (Å²) in [7, 11) is 0. The molecule has 2 N–H and O–H groups in total. The quantitative estimate of drug-likeness (QED) is 0.727. The van der Waals surface area contributed by atoms with Crippen LogP contribution in [0.1, 0.15) is 21.9 Å². The summed E-state index contributed by atoms with van der Waals surface area (Å²) >= 11 is 0. The summed E-state index contributed by atoms with van der Waals surface area (Å²) in [6, 6.07) is 0. The first-order valence-corrected chi connectivity index (χ1v) is 4.52. The zero-order valence-electron chi connectivity index (χ0n) is 8.72. The van der Waals surface area contributed by atoms with Gasteiger partial charge >= 0.3 is 0 Å². The monoisotopic (exact) mass is 219 g/mol. The van der Waals surface area contributed by atoms with Gasteiger partial charge in [-0.2, -0.15) is 20.5 Å². The Bertz CT molecular complexity index is 507. The highest BCUT2D eigenvalue weighted by atomic mass is 16.2. The Hall–Kier alpha value is -2.38. The Balaban J connectivity index is 2.15. The second-order valence-corrected chi connectivity index (χ2v) is 3.12. The minimum Gasteiger partial charge on any atom is -0.288 e. The number of nitrogens with one attached hydrogen (secondary N) is 2. The molecule has 82 valence electrons. The van der Waals surface area contributed by atoms with Gasteiger partial charge in [0.1, 0.15) is 0 Å². The van der Waals surface area contributed by atoms with Gasteiger partial charge in [-0.05, 0) is 13.8 Å². The first-order valence-electron chi connectivity index (χ1n) is 4.52. The molecule has 0 aromatic carbocycles. The first kappa shape index (κ1) is 10.1. The van der Waals surface area contributed by atoms with Crippen molar-refractivity contribution in [2.75, 3.05) is 5.32 Å². The molecule has 0 aliphatic carbocycles. The number of aryl methyl sites for hydroxylation is 2. The highest BCUT2D eigenvalue weighted by Crippen LogP contribution is 2.03. The van der Waals surface area contributed by atoms with Gasteiger partial charge in [0.05, 0.1) is 17.6 Å². The third-order valence-electron chi connectivity index (χ3n) is 1.96. The number of nitrogens with zero attached hydrogens (tertiary/aromatic N) is 5. The van der Waals surface area contributed by atoms with Gasteiger partial charge in [0.25, 0.3) is 5.91 Å². The lowest BCUT2D eigenvalue weighted by molar-refractivity contribution is 0.102. The molecule has 0 unspecified atom stereocenters. The molecule has 0 fully saturated rings. The van der Waals surface area contributed by atoms with E-state index in [1.165, 1.54) is 6.20 Å². The van der Waals surface area contributed by atoms with E-state index in [1.807, 2.05) is 0 Å². The maximum atomic E-state index is 11.5. The van der Waals surface area contributed by atoms with E-state index in [1.54, 1.807) is 13.8 Å². The molecule has 0 atom stereocenters. The summed E-state index contributed by atoms with van der Waals surface area (Å²) in [6.45, 7) is 3.58. The van der Waals surface area contributed by atoms with Crippen molar-refractivity contribution in [1.29, 1.82) is 0 Å². The largest absolute Gasteiger partial charge is 0.288 e. The molecular weight excluding hydrogens is 210 g/mol. The van der Waals surface area contributed by atoms with Crippen molar-refractivity contribution in [3.05, 3.63) is 23.3 Å². The number of H-pyrrole nitrogens is 1. The van der Waals surface area contributed by atoms with Crippen molar-refractivity contribution in [1.82, 2.24) is 30.6 Å². The fourth-order valence-electron chi connectivity index (χ4n) is 0.986. The first-order chi connectivity index (χ1) is 7.66. The molecule has 8 heteroatoms. The summed E-state index contributed by atoms with van der Waals surface area (Å²) in [4.78, 5) is 15.6. The fourth-order valence-corrected chi connectivity index (χ4v) is 0.986. The van der Waals surface area contributed by atoms with Crippen LogP contribution in [0, 0.1) is 13.8 Å². The van der Waals surface area contributed by atoms with Crippen LogP contribution in [-0.4, -0.2) is 36.5 Å². The van der Waals surface area contributed by atoms with E-state index < -0.39 is 5.91 Å². The minimum atomic E-state index is -0.432. The highest BCUT2D eigenvalue weighted by molar-refractivity contribution is 6.01. The summed E-state index contributed by atoms with van der Waals surface area (Å²) in [5, 5.41) is 19.5. The van der Waals surface area contributed by atoms with E-state index in [-0.39, 0.29) is 11.6 Å².